The third kappa shape index (κ3) is 5.57. The second kappa shape index (κ2) is 11.7. The molecule has 40 heavy (non-hydrogen) atoms. The zero-order valence-corrected chi connectivity index (χ0v) is 22.0. The SMILES string of the molecule is C[C@H](Oc1ccc(C#N)cn1)[C@H]1CN(C(=O)C2CCN(c3ccccn3)CC2C#N)C[C@@H]1c1ccc(F)c(F)c1. The maximum Gasteiger partial charge on any atom is 0.227 e. The number of amides is 1. The monoisotopic (exact) mass is 542 g/mol. The number of benzene rings is 1. The van der Waals surface area contributed by atoms with Crippen molar-refractivity contribution in [3.8, 4) is 18.0 Å². The summed E-state index contributed by atoms with van der Waals surface area (Å²) < 4.78 is 34.1. The number of piperidine rings is 1. The topological polar surface area (TPSA) is 106 Å². The molecule has 2 saturated heterocycles. The van der Waals surface area contributed by atoms with Crippen LogP contribution in [-0.2, 0) is 4.79 Å². The molecule has 2 unspecified atom stereocenters. The molecule has 1 aromatic carbocycles. The van der Waals surface area contributed by atoms with Crippen LogP contribution in [0.5, 0.6) is 5.88 Å². The van der Waals surface area contributed by atoms with Gasteiger partial charge in [-0.1, -0.05) is 12.1 Å². The van der Waals surface area contributed by atoms with Gasteiger partial charge < -0.3 is 14.5 Å². The van der Waals surface area contributed by atoms with Gasteiger partial charge in [-0.05, 0) is 49.2 Å². The van der Waals surface area contributed by atoms with E-state index < -0.39 is 29.6 Å². The van der Waals surface area contributed by atoms with Gasteiger partial charge in [0, 0.05) is 56.5 Å². The number of hydrogen-bond acceptors (Lipinski definition) is 7. The number of nitrogens with zero attached hydrogens (tertiary/aromatic N) is 6. The quantitative estimate of drug-likeness (QED) is 0.457. The molecule has 0 saturated carbocycles. The van der Waals surface area contributed by atoms with Gasteiger partial charge in [0.15, 0.2) is 11.6 Å². The summed E-state index contributed by atoms with van der Waals surface area (Å²) in [6, 6.07) is 17.0. The molecule has 0 radical (unpaired) electrons. The van der Waals surface area contributed by atoms with Crippen LogP contribution in [0.25, 0.3) is 0 Å². The number of rotatable bonds is 6. The van der Waals surface area contributed by atoms with Crippen LogP contribution < -0.4 is 9.64 Å². The van der Waals surface area contributed by atoms with Crippen molar-refractivity contribution < 1.29 is 18.3 Å². The van der Waals surface area contributed by atoms with Crippen molar-refractivity contribution in [2.24, 2.45) is 17.8 Å². The maximum absolute atomic E-state index is 14.2. The standard InChI is InChI=1S/C30H28F2N6O2/c1-19(40-29-8-5-20(13-33)15-36-29)24-17-38(18-25(24)21-6-7-26(31)27(32)12-21)30(39)23-9-11-37(16-22(23)14-34)28-4-2-3-10-35-28/h2-8,10,12,15,19,22-25H,9,11,16-18H2,1H3/t19-,22?,23?,24+,25+/m0/s1. The van der Waals surface area contributed by atoms with E-state index >= 15 is 0 Å². The molecular weight excluding hydrogens is 514 g/mol. The Morgan fingerprint density at radius 2 is 1.93 bits per heavy atom. The average molecular weight is 543 g/mol. The average Bonchev–Trinajstić information content (AvgIpc) is 3.44. The van der Waals surface area contributed by atoms with E-state index in [1.807, 2.05) is 36.1 Å². The van der Waals surface area contributed by atoms with Gasteiger partial charge in [0.1, 0.15) is 18.0 Å². The lowest BCUT2D eigenvalue weighted by molar-refractivity contribution is -0.136. The summed E-state index contributed by atoms with van der Waals surface area (Å²) in [6.07, 6.45) is 3.19. The van der Waals surface area contributed by atoms with Gasteiger partial charge in [-0.3, -0.25) is 4.79 Å². The molecule has 2 fully saturated rings. The van der Waals surface area contributed by atoms with Crippen LogP contribution in [0.3, 0.4) is 0 Å². The Balaban J connectivity index is 1.35. The number of carbonyl (C=O) groups excluding carboxylic acids is 1. The van der Waals surface area contributed by atoms with Gasteiger partial charge >= 0.3 is 0 Å². The normalized spacial score (nSPS) is 23.2. The number of nitriles is 2. The van der Waals surface area contributed by atoms with Crippen molar-refractivity contribution in [3.63, 3.8) is 0 Å². The molecule has 0 bridgehead atoms. The van der Waals surface area contributed by atoms with Gasteiger partial charge in [0.05, 0.1) is 23.5 Å². The van der Waals surface area contributed by atoms with Crippen LogP contribution in [-0.4, -0.2) is 53.1 Å². The van der Waals surface area contributed by atoms with E-state index in [4.69, 9.17) is 10.00 Å². The van der Waals surface area contributed by atoms with Crippen molar-refractivity contribution in [1.82, 2.24) is 14.9 Å². The minimum absolute atomic E-state index is 0.119. The van der Waals surface area contributed by atoms with E-state index in [0.29, 0.717) is 49.6 Å². The van der Waals surface area contributed by atoms with Crippen LogP contribution in [0.1, 0.15) is 30.4 Å². The molecule has 5 rings (SSSR count). The second-order valence-corrected chi connectivity index (χ2v) is 10.3. The van der Waals surface area contributed by atoms with Crippen molar-refractivity contribution in [1.29, 1.82) is 10.5 Å². The number of pyridine rings is 2. The number of aromatic nitrogens is 2. The van der Waals surface area contributed by atoms with Crippen molar-refractivity contribution in [2.75, 3.05) is 31.1 Å². The summed E-state index contributed by atoms with van der Waals surface area (Å²) in [6.45, 7) is 3.48. The van der Waals surface area contributed by atoms with Crippen LogP contribution in [0.2, 0.25) is 0 Å². The molecular formula is C30H28F2N6O2. The van der Waals surface area contributed by atoms with E-state index in [9.17, 15) is 18.8 Å². The highest BCUT2D eigenvalue weighted by Gasteiger charge is 2.44. The number of hydrogen-bond donors (Lipinski definition) is 0. The highest BCUT2D eigenvalue weighted by Crippen LogP contribution is 2.39. The third-order valence-electron chi connectivity index (χ3n) is 7.89. The first-order chi connectivity index (χ1) is 19.4. The summed E-state index contributed by atoms with van der Waals surface area (Å²) >= 11 is 0. The molecule has 8 nitrogen and oxygen atoms in total. The number of carbonyl (C=O) groups is 1. The molecule has 2 aliphatic rings. The first-order valence-electron chi connectivity index (χ1n) is 13.2. The zero-order valence-electron chi connectivity index (χ0n) is 22.0. The van der Waals surface area contributed by atoms with Crippen LogP contribution >= 0.6 is 0 Å². The van der Waals surface area contributed by atoms with E-state index in [2.05, 4.69) is 16.0 Å². The number of likely N-dealkylation sites (tertiary alicyclic amines) is 1. The van der Waals surface area contributed by atoms with E-state index in [0.717, 1.165) is 11.9 Å². The van der Waals surface area contributed by atoms with Crippen LogP contribution in [0.4, 0.5) is 14.6 Å². The summed E-state index contributed by atoms with van der Waals surface area (Å²) in [5, 5.41) is 19.0. The van der Waals surface area contributed by atoms with E-state index in [-0.39, 0.29) is 17.7 Å². The highest BCUT2D eigenvalue weighted by molar-refractivity contribution is 5.80. The van der Waals surface area contributed by atoms with Crippen LogP contribution in [0, 0.1) is 52.1 Å². The largest absolute Gasteiger partial charge is 0.474 e. The number of anilines is 1. The molecule has 5 atom stereocenters. The van der Waals surface area contributed by atoms with Gasteiger partial charge in [-0.2, -0.15) is 10.5 Å². The van der Waals surface area contributed by atoms with Crippen molar-refractivity contribution in [2.45, 2.75) is 25.4 Å². The molecule has 0 aliphatic carbocycles. The lowest BCUT2D eigenvalue weighted by Gasteiger charge is -2.37. The lowest BCUT2D eigenvalue weighted by Crippen LogP contribution is -2.47. The highest BCUT2D eigenvalue weighted by atomic mass is 19.2. The fourth-order valence-corrected chi connectivity index (χ4v) is 5.74. The smallest absolute Gasteiger partial charge is 0.227 e. The molecule has 204 valence electrons. The molecule has 10 heteroatoms. The van der Waals surface area contributed by atoms with Gasteiger partial charge in [0.2, 0.25) is 11.8 Å². The second-order valence-electron chi connectivity index (χ2n) is 10.3. The van der Waals surface area contributed by atoms with E-state index in [1.165, 1.54) is 12.3 Å². The fraction of sp³-hybridized carbons (Fsp3) is 0.367. The third-order valence-corrected chi connectivity index (χ3v) is 7.89. The predicted molar refractivity (Wildman–Crippen MR) is 142 cm³/mol. The minimum atomic E-state index is -0.949. The number of ether oxygens (including phenoxy) is 1. The van der Waals surface area contributed by atoms with E-state index in [1.54, 1.807) is 29.3 Å². The predicted octanol–water partition coefficient (Wildman–Crippen LogP) is 4.30. The Labute approximate surface area is 231 Å². The fourth-order valence-electron chi connectivity index (χ4n) is 5.74. The molecule has 2 aliphatic heterocycles. The Morgan fingerprint density at radius 3 is 2.60 bits per heavy atom. The molecule has 0 spiro atoms. The number of halogens is 2. The Morgan fingerprint density at radius 1 is 1.07 bits per heavy atom. The zero-order chi connectivity index (χ0) is 28.2. The first kappa shape index (κ1) is 27.0. The van der Waals surface area contributed by atoms with Gasteiger partial charge in [0.25, 0.3) is 0 Å². The van der Waals surface area contributed by atoms with Gasteiger partial charge in [-0.15, -0.1) is 0 Å². The Hall–Kier alpha value is -4.57. The summed E-state index contributed by atoms with van der Waals surface area (Å²) in [4.78, 5) is 26.1. The minimum Gasteiger partial charge on any atom is -0.474 e. The first-order valence-corrected chi connectivity index (χ1v) is 13.2. The Bertz CT molecular complexity index is 1440. The molecule has 4 heterocycles. The van der Waals surface area contributed by atoms with Crippen molar-refractivity contribution >= 4 is 11.7 Å². The molecule has 0 N–H and O–H groups in total. The van der Waals surface area contributed by atoms with Gasteiger partial charge in [-0.25, -0.2) is 18.7 Å². The Kier molecular flexibility index (Phi) is 7.88. The summed E-state index contributed by atoms with van der Waals surface area (Å²) in [7, 11) is 0. The molecule has 1 amide bonds. The summed E-state index contributed by atoms with van der Waals surface area (Å²) in [5.74, 6) is -2.47. The maximum atomic E-state index is 14.2. The lowest BCUT2D eigenvalue weighted by atomic mass is 9.85. The van der Waals surface area contributed by atoms with Crippen LogP contribution in [0.15, 0.2) is 60.9 Å². The summed E-state index contributed by atoms with van der Waals surface area (Å²) in [5.41, 5.74) is 0.975. The molecule has 3 aromatic rings. The van der Waals surface area contributed by atoms with Crippen molar-refractivity contribution in [3.05, 3.63) is 83.7 Å². The molecule has 2 aromatic heterocycles.